The number of aromatic nitrogens is 1. The molecule has 1 aromatic heterocycles. The smallest absolute Gasteiger partial charge is 0.234 e. The Bertz CT molecular complexity index is 560. The van der Waals surface area contributed by atoms with Gasteiger partial charge in [0.25, 0.3) is 0 Å². The molecule has 0 aliphatic heterocycles. The standard InChI is InChI=1S/C12H10BrFN2O/c1-7-9(15)6-16-12(11(7)13)17-10-5-3-2-4-8(10)14/h2-6H,15H2,1H3. The molecule has 2 N–H and O–H groups in total. The number of nitrogen functional groups attached to an aromatic ring is 1. The van der Waals surface area contributed by atoms with Crippen LogP contribution < -0.4 is 10.5 Å². The molecule has 2 aromatic rings. The molecular weight excluding hydrogens is 287 g/mol. The van der Waals surface area contributed by atoms with Gasteiger partial charge in [0.2, 0.25) is 5.88 Å². The summed E-state index contributed by atoms with van der Waals surface area (Å²) in [6.45, 7) is 1.83. The van der Waals surface area contributed by atoms with E-state index in [1.54, 1.807) is 12.1 Å². The molecule has 17 heavy (non-hydrogen) atoms. The summed E-state index contributed by atoms with van der Waals surface area (Å²) in [5, 5.41) is 0. The largest absolute Gasteiger partial charge is 0.435 e. The van der Waals surface area contributed by atoms with Crippen LogP contribution in [-0.2, 0) is 0 Å². The average Bonchev–Trinajstić information content (AvgIpc) is 2.32. The van der Waals surface area contributed by atoms with Gasteiger partial charge < -0.3 is 10.5 Å². The van der Waals surface area contributed by atoms with Crippen LogP contribution in [0.2, 0.25) is 0 Å². The quantitative estimate of drug-likeness (QED) is 0.920. The van der Waals surface area contributed by atoms with Crippen LogP contribution in [0.15, 0.2) is 34.9 Å². The minimum Gasteiger partial charge on any atom is -0.435 e. The minimum absolute atomic E-state index is 0.130. The fraction of sp³-hybridized carbons (Fsp3) is 0.0833. The van der Waals surface area contributed by atoms with E-state index in [0.29, 0.717) is 16.0 Å². The molecule has 0 fully saturated rings. The number of hydrogen-bond donors (Lipinski definition) is 1. The monoisotopic (exact) mass is 296 g/mol. The number of ether oxygens (including phenoxy) is 1. The maximum absolute atomic E-state index is 13.4. The fourth-order valence-corrected chi connectivity index (χ4v) is 1.68. The van der Waals surface area contributed by atoms with Crippen molar-refractivity contribution in [2.24, 2.45) is 0 Å². The molecule has 0 saturated carbocycles. The number of nitrogens with zero attached hydrogens (tertiary/aromatic N) is 1. The van der Waals surface area contributed by atoms with Crippen molar-refractivity contribution >= 4 is 21.6 Å². The van der Waals surface area contributed by atoms with Crippen LogP contribution in [0.1, 0.15) is 5.56 Å². The van der Waals surface area contributed by atoms with Crippen molar-refractivity contribution < 1.29 is 9.13 Å². The summed E-state index contributed by atoms with van der Waals surface area (Å²) in [5.74, 6) is -0.0117. The van der Waals surface area contributed by atoms with Gasteiger partial charge in [-0.1, -0.05) is 12.1 Å². The van der Waals surface area contributed by atoms with Crippen molar-refractivity contribution in [1.29, 1.82) is 0 Å². The third kappa shape index (κ3) is 2.39. The van der Waals surface area contributed by atoms with Crippen LogP contribution in [-0.4, -0.2) is 4.98 Å². The number of nitrogens with two attached hydrogens (primary N) is 1. The second kappa shape index (κ2) is 4.71. The molecule has 0 unspecified atom stereocenters. The lowest BCUT2D eigenvalue weighted by Crippen LogP contribution is -1.97. The average molecular weight is 297 g/mol. The normalized spacial score (nSPS) is 10.3. The zero-order valence-electron chi connectivity index (χ0n) is 9.08. The van der Waals surface area contributed by atoms with Crippen molar-refractivity contribution in [2.75, 3.05) is 5.73 Å². The highest BCUT2D eigenvalue weighted by molar-refractivity contribution is 9.10. The van der Waals surface area contributed by atoms with Gasteiger partial charge in [-0.25, -0.2) is 9.37 Å². The Hall–Kier alpha value is -1.62. The van der Waals surface area contributed by atoms with Gasteiger partial charge in [0.05, 0.1) is 16.4 Å². The van der Waals surface area contributed by atoms with E-state index >= 15 is 0 Å². The van der Waals surface area contributed by atoms with Crippen LogP contribution >= 0.6 is 15.9 Å². The summed E-state index contributed by atoms with van der Waals surface area (Å²) in [7, 11) is 0. The second-order valence-corrected chi connectivity index (χ2v) is 4.28. The van der Waals surface area contributed by atoms with E-state index < -0.39 is 5.82 Å². The molecule has 3 nitrogen and oxygen atoms in total. The van der Waals surface area contributed by atoms with Gasteiger partial charge in [0.15, 0.2) is 11.6 Å². The molecule has 0 saturated heterocycles. The summed E-state index contributed by atoms with van der Waals surface area (Å²) < 4.78 is 19.4. The first-order valence-corrected chi connectivity index (χ1v) is 5.72. The van der Waals surface area contributed by atoms with Crippen LogP contribution in [0.4, 0.5) is 10.1 Å². The third-order valence-electron chi connectivity index (χ3n) is 2.31. The Morgan fingerprint density at radius 2 is 2.06 bits per heavy atom. The summed E-state index contributed by atoms with van der Waals surface area (Å²) >= 11 is 3.32. The number of rotatable bonds is 2. The first-order valence-electron chi connectivity index (χ1n) is 4.92. The van der Waals surface area contributed by atoms with E-state index in [1.807, 2.05) is 6.92 Å². The van der Waals surface area contributed by atoms with Gasteiger partial charge in [0.1, 0.15) is 0 Å². The van der Waals surface area contributed by atoms with Crippen molar-refractivity contribution in [2.45, 2.75) is 6.92 Å². The molecule has 1 aromatic carbocycles. The second-order valence-electron chi connectivity index (χ2n) is 3.49. The topological polar surface area (TPSA) is 48.1 Å². The molecule has 88 valence electrons. The molecule has 1 heterocycles. The summed E-state index contributed by atoms with van der Waals surface area (Å²) in [4.78, 5) is 4.01. The Balaban J connectivity index is 2.38. The van der Waals surface area contributed by atoms with Gasteiger partial charge in [-0.3, -0.25) is 0 Å². The van der Waals surface area contributed by atoms with Crippen LogP contribution in [0.25, 0.3) is 0 Å². The van der Waals surface area contributed by atoms with Gasteiger partial charge in [-0.2, -0.15) is 0 Å². The Morgan fingerprint density at radius 3 is 2.76 bits per heavy atom. The lowest BCUT2D eigenvalue weighted by Gasteiger charge is -2.10. The molecule has 2 rings (SSSR count). The van der Waals surface area contributed by atoms with Gasteiger partial charge in [-0.15, -0.1) is 0 Å². The molecule has 0 aliphatic carbocycles. The Morgan fingerprint density at radius 1 is 1.35 bits per heavy atom. The van der Waals surface area contributed by atoms with E-state index in [2.05, 4.69) is 20.9 Å². The maximum atomic E-state index is 13.4. The van der Waals surface area contributed by atoms with Crippen LogP contribution in [0.3, 0.4) is 0 Å². The molecule has 0 amide bonds. The highest BCUT2D eigenvalue weighted by Crippen LogP contribution is 2.33. The van der Waals surface area contributed by atoms with E-state index in [4.69, 9.17) is 10.5 Å². The highest BCUT2D eigenvalue weighted by Gasteiger charge is 2.11. The molecule has 0 aliphatic rings. The van der Waals surface area contributed by atoms with Crippen molar-refractivity contribution in [3.63, 3.8) is 0 Å². The predicted octanol–water partition coefficient (Wildman–Crippen LogP) is 3.67. The van der Waals surface area contributed by atoms with Gasteiger partial charge in [0, 0.05) is 0 Å². The lowest BCUT2D eigenvalue weighted by molar-refractivity contribution is 0.425. The minimum atomic E-state index is -0.435. The van der Waals surface area contributed by atoms with Gasteiger partial charge in [-0.05, 0) is 40.5 Å². The van der Waals surface area contributed by atoms with Crippen LogP contribution in [0.5, 0.6) is 11.6 Å². The molecule has 0 spiro atoms. The molecule has 0 radical (unpaired) electrons. The molecule has 0 atom stereocenters. The third-order valence-corrected chi connectivity index (χ3v) is 3.25. The molecular formula is C12H10BrFN2O. The predicted molar refractivity (Wildman–Crippen MR) is 67.6 cm³/mol. The first-order chi connectivity index (χ1) is 8.09. The van der Waals surface area contributed by atoms with E-state index in [-0.39, 0.29) is 5.75 Å². The summed E-state index contributed by atoms with van der Waals surface area (Å²) in [5.41, 5.74) is 7.06. The Labute approximate surface area is 107 Å². The van der Waals surface area contributed by atoms with Crippen molar-refractivity contribution in [3.05, 3.63) is 46.3 Å². The van der Waals surface area contributed by atoms with Crippen LogP contribution in [0, 0.1) is 12.7 Å². The first kappa shape index (κ1) is 11.9. The van der Waals surface area contributed by atoms with E-state index in [9.17, 15) is 4.39 Å². The lowest BCUT2D eigenvalue weighted by atomic mass is 10.2. The zero-order valence-corrected chi connectivity index (χ0v) is 10.7. The molecule has 0 bridgehead atoms. The zero-order chi connectivity index (χ0) is 12.4. The highest BCUT2D eigenvalue weighted by atomic mass is 79.9. The number of benzene rings is 1. The summed E-state index contributed by atoms with van der Waals surface area (Å²) in [6, 6.07) is 6.15. The van der Waals surface area contributed by atoms with Crippen molar-refractivity contribution in [3.8, 4) is 11.6 Å². The van der Waals surface area contributed by atoms with E-state index in [0.717, 1.165) is 5.56 Å². The van der Waals surface area contributed by atoms with Crippen molar-refractivity contribution in [1.82, 2.24) is 4.98 Å². The molecule has 5 heteroatoms. The SMILES string of the molecule is Cc1c(N)cnc(Oc2ccccc2F)c1Br. The summed E-state index contributed by atoms with van der Waals surface area (Å²) in [6.07, 6.45) is 1.48. The number of pyridine rings is 1. The maximum Gasteiger partial charge on any atom is 0.234 e. The Kier molecular flexibility index (Phi) is 3.28. The number of hydrogen-bond acceptors (Lipinski definition) is 3. The number of anilines is 1. The number of para-hydroxylation sites is 1. The fourth-order valence-electron chi connectivity index (χ4n) is 1.27. The number of halogens is 2. The van der Waals surface area contributed by atoms with E-state index in [1.165, 1.54) is 18.3 Å². The van der Waals surface area contributed by atoms with Gasteiger partial charge >= 0.3 is 0 Å².